The van der Waals surface area contributed by atoms with Gasteiger partial charge in [-0.1, -0.05) is 6.08 Å². The van der Waals surface area contributed by atoms with Crippen LogP contribution in [0.1, 0.15) is 25.7 Å². The molecule has 0 aromatic carbocycles. The second-order valence-corrected chi connectivity index (χ2v) is 4.80. The van der Waals surface area contributed by atoms with Gasteiger partial charge in [-0.2, -0.15) is 0 Å². The van der Waals surface area contributed by atoms with Crippen LogP contribution in [-0.2, 0) is 4.79 Å². The lowest BCUT2D eigenvalue weighted by molar-refractivity contribution is -0.133. The van der Waals surface area contributed by atoms with Crippen molar-refractivity contribution in [3.63, 3.8) is 0 Å². The van der Waals surface area contributed by atoms with Gasteiger partial charge in [0.1, 0.15) is 0 Å². The number of carbonyl (C=O) groups excluding carboxylic acids is 1. The molecule has 0 unspecified atom stereocenters. The summed E-state index contributed by atoms with van der Waals surface area (Å²) < 4.78 is 0. The zero-order valence-electron chi connectivity index (χ0n) is 9.70. The Labute approximate surface area is 91.7 Å². The van der Waals surface area contributed by atoms with Crippen molar-refractivity contribution < 1.29 is 4.79 Å². The van der Waals surface area contributed by atoms with Crippen LogP contribution in [-0.4, -0.2) is 48.9 Å². The van der Waals surface area contributed by atoms with Crippen molar-refractivity contribution in [2.24, 2.45) is 0 Å². The maximum absolute atomic E-state index is 12.0. The molecule has 0 radical (unpaired) electrons. The van der Waals surface area contributed by atoms with E-state index in [4.69, 9.17) is 0 Å². The van der Waals surface area contributed by atoms with Gasteiger partial charge in [-0.05, 0) is 39.8 Å². The Balaban J connectivity index is 1.86. The van der Waals surface area contributed by atoms with Crippen LogP contribution < -0.4 is 0 Å². The molecule has 0 bridgehead atoms. The molecule has 0 atom stereocenters. The SMILES string of the molecule is CN(C)C1CN(C(=O)C2=CCCCC2)C1. The molecule has 2 aliphatic rings. The predicted octanol–water partition coefficient (Wildman–Crippen LogP) is 1.26. The first kappa shape index (κ1) is 10.7. The van der Waals surface area contributed by atoms with Crippen molar-refractivity contribution in [1.29, 1.82) is 0 Å². The van der Waals surface area contributed by atoms with Crippen LogP contribution in [0.2, 0.25) is 0 Å². The molecule has 1 aliphatic heterocycles. The Hall–Kier alpha value is -0.830. The first-order valence-electron chi connectivity index (χ1n) is 5.83. The van der Waals surface area contributed by atoms with Crippen LogP contribution in [0.3, 0.4) is 0 Å². The van der Waals surface area contributed by atoms with Gasteiger partial charge in [0.25, 0.3) is 0 Å². The summed E-state index contributed by atoms with van der Waals surface area (Å²) in [5, 5.41) is 0. The van der Waals surface area contributed by atoms with Crippen LogP contribution in [0.15, 0.2) is 11.6 Å². The molecule has 3 heteroatoms. The highest BCUT2D eigenvalue weighted by molar-refractivity contribution is 5.94. The summed E-state index contributed by atoms with van der Waals surface area (Å²) in [5.74, 6) is 0.285. The second kappa shape index (κ2) is 4.35. The Morgan fingerprint density at radius 2 is 2.13 bits per heavy atom. The van der Waals surface area contributed by atoms with Crippen molar-refractivity contribution in [2.75, 3.05) is 27.2 Å². The maximum atomic E-state index is 12.0. The average Bonchev–Trinajstić information content (AvgIpc) is 2.16. The monoisotopic (exact) mass is 208 g/mol. The summed E-state index contributed by atoms with van der Waals surface area (Å²) in [6, 6.07) is 0.568. The smallest absolute Gasteiger partial charge is 0.249 e. The lowest BCUT2D eigenvalue weighted by Crippen LogP contribution is -2.59. The van der Waals surface area contributed by atoms with E-state index in [1.807, 2.05) is 4.90 Å². The summed E-state index contributed by atoms with van der Waals surface area (Å²) in [4.78, 5) is 16.2. The molecule has 15 heavy (non-hydrogen) atoms. The average molecular weight is 208 g/mol. The lowest BCUT2D eigenvalue weighted by atomic mass is 9.96. The molecule has 1 heterocycles. The number of nitrogens with zero attached hydrogens (tertiary/aromatic N) is 2. The van der Waals surface area contributed by atoms with E-state index in [1.54, 1.807) is 0 Å². The molecule has 0 N–H and O–H groups in total. The number of rotatable bonds is 2. The van der Waals surface area contributed by atoms with Gasteiger partial charge in [0.2, 0.25) is 5.91 Å². The highest BCUT2D eigenvalue weighted by Gasteiger charge is 2.33. The van der Waals surface area contributed by atoms with Gasteiger partial charge in [-0.3, -0.25) is 4.79 Å². The van der Waals surface area contributed by atoms with Gasteiger partial charge in [0.15, 0.2) is 0 Å². The molecule has 1 fully saturated rings. The van der Waals surface area contributed by atoms with Gasteiger partial charge in [-0.25, -0.2) is 0 Å². The van der Waals surface area contributed by atoms with E-state index < -0.39 is 0 Å². The largest absolute Gasteiger partial charge is 0.336 e. The molecule has 0 aromatic rings. The third kappa shape index (κ3) is 2.23. The van der Waals surface area contributed by atoms with Crippen LogP contribution in [0.5, 0.6) is 0 Å². The maximum Gasteiger partial charge on any atom is 0.249 e. The third-order valence-corrected chi connectivity index (χ3v) is 3.45. The zero-order chi connectivity index (χ0) is 10.8. The van der Waals surface area contributed by atoms with Gasteiger partial charge >= 0.3 is 0 Å². The number of likely N-dealkylation sites (N-methyl/N-ethyl adjacent to an activating group) is 1. The van der Waals surface area contributed by atoms with Gasteiger partial charge in [0, 0.05) is 24.7 Å². The molecule has 0 saturated carbocycles. The molecule has 1 aliphatic carbocycles. The van der Waals surface area contributed by atoms with Crippen LogP contribution >= 0.6 is 0 Å². The van der Waals surface area contributed by atoms with E-state index in [9.17, 15) is 4.79 Å². The van der Waals surface area contributed by atoms with Gasteiger partial charge < -0.3 is 9.80 Å². The minimum absolute atomic E-state index is 0.285. The number of hydrogen-bond acceptors (Lipinski definition) is 2. The summed E-state index contributed by atoms with van der Waals surface area (Å²) in [6.07, 6.45) is 6.64. The Bertz CT molecular complexity index is 277. The first-order valence-corrected chi connectivity index (χ1v) is 5.83. The minimum Gasteiger partial charge on any atom is -0.336 e. The van der Waals surface area contributed by atoms with E-state index in [2.05, 4.69) is 25.1 Å². The molecule has 0 aromatic heterocycles. The Kier molecular flexibility index (Phi) is 3.10. The Morgan fingerprint density at radius 1 is 1.40 bits per heavy atom. The van der Waals surface area contributed by atoms with Crippen molar-refractivity contribution in [1.82, 2.24) is 9.80 Å². The highest BCUT2D eigenvalue weighted by atomic mass is 16.2. The molecule has 1 saturated heterocycles. The number of allylic oxidation sites excluding steroid dienone is 1. The molecule has 84 valence electrons. The fourth-order valence-electron chi connectivity index (χ4n) is 2.18. The number of likely N-dealkylation sites (tertiary alicyclic amines) is 1. The normalized spacial score (nSPS) is 22.6. The molecular weight excluding hydrogens is 188 g/mol. The quantitative estimate of drug-likeness (QED) is 0.682. The van der Waals surface area contributed by atoms with E-state index >= 15 is 0 Å². The topological polar surface area (TPSA) is 23.6 Å². The van der Waals surface area contributed by atoms with Crippen molar-refractivity contribution >= 4 is 5.91 Å². The van der Waals surface area contributed by atoms with Crippen LogP contribution in [0.4, 0.5) is 0 Å². The first-order chi connectivity index (χ1) is 7.18. The van der Waals surface area contributed by atoms with Crippen LogP contribution in [0, 0.1) is 0 Å². The lowest BCUT2D eigenvalue weighted by Gasteiger charge is -2.43. The Morgan fingerprint density at radius 3 is 2.67 bits per heavy atom. The van der Waals surface area contributed by atoms with Gasteiger partial charge in [-0.15, -0.1) is 0 Å². The zero-order valence-corrected chi connectivity index (χ0v) is 9.70. The number of hydrogen-bond donors (Lipinski definition) is 0. The van der Waals surface area contributed by atoms with E-state index in [-0.39, 0.29) is 5.91 Å². The molecule has 1 amide bonds. The van der Waals surface area contributed by atoms with E-state index in [0.717, 1.165) is 31.5 Å². The summed E-state index contributed by atoms with van der Waals surface area (Å²) in [5.41, 5.74) is 1.05. The predicted molar refractivity (Wildman–Crippen MR) is 60.6 cm³/mol. The number of carbonyl (C=O) groups is 1. The standard InChI is InChI=1S/C12H20N2O/c1-13(2)11-8-14(9-11)12(15)10-6-4-3-5-7-10/h6,11H,3-5,7-9H2,1-2H3. The molecule has 0 spiro atoms. The van der Waals surface area contributed by atoms with Crippen LogP contribution in [0.25, 0.3) is 0 Å². The van der Waals surface area contributed by atoms with Crippen molar-refractivity contribution in [2.45, 2.75) is 31.7 Å². The molecule has 3 nitrogen and oxygen atoms in total. The van der Waals surface area contributed by atoms with Gasteiger partial charge in [0.05, 0.1) is 0 Å². The fraction of sp³-hybridized carbons (Fsp3) is 0.750. The second-order valence-electron chi connectivity index (χ2n) is 4.80. The summed E-state index contributed by atoms with van der Waals surface area (Å²) >= 11 is 0. The molecule has 2 rings (SSSR count). The number of amides is 1. The molecular formula is C12H20N2O. The van der Waals surface area contributed by atoms with Crippen molar-refractivity contribution in [3.05, 3.63) is 11.6 Å². The van der Waals surface area contributed by atoms with E-state index in [0.29, 0.717) is 6.04 Å². The summed E-state index contributed by atoms with van der Waals surface area (Å²) in [6.45, 7) is 1.81. The summed E-state index contributed by atoms with van der Waals surface area (Å²) in [7, 11) is 4.15. The highest BCUT2D eigenvalue weighted by Crippen LogP contribution is 2.22. The van der Waals surface area contributed by atoms with E-state index in [1.165, 1.54) is 12.8 Å². The fourth-order valence-corrected chi connectivity index (χ4v) is 2.18. The third-order valence-electron chi connectivity index (χ3n) is 3.45. The van der Waals surface area contributed by atoms with Crippen molar-refractivity contribution in [3.8, 4) is 0 Å². The minimum atomic E-state index is 0.285.